The molecule has 1 heterocycles. The predicted molar refractivity (Wildman–Crippen MR) is 115 cm³/mol. The third-order valence-electron chi connectivity index (χ3n) is 5.76. The van der Waals surface area contributed by atoms with E-state index in [1.165, 1.54) is 12.1 Å². The molecule has 1 saturated heterocycles. The molecule has 2 atom stereocenters. The maximum Gasteiger partial charge on any atom is 0.273 e. The molecule has 0 bridgehead atoms. The third kappa shape index (κ3) is 4.03. The monoisotopic (exact) mass is 436 g/mol. The third-order valence-corrected chi connectivity index (χ3v) is 6.01. The Kier molecular flexibility index (Phi) is 5.74. The number of hydrazine groups is 1. The van der Waals surface area contributed by atoms with Crippen LogP contribution >= 0.6 is 11.6 Å². The SMILES string of the molecule is CC1=CC[C@@H]2C(=O)N(N(CC(=O)c3ccccc3)C(=O)c3ccc(Cl)cc3)C(=O)[C@H]2C1. The van der Waals surface area contributed by atoms with E-state index < -0.39 is 36.1 Å². The molecule has 7 heteroatoms. The summed E-state index contributed by atoms with van der Waals surface area (Å²) in [5, 5.41) is 2.32. The Morgan fingerprint density at radius 1 is 0.968 bits per heavy atom. The number of nitrogens with zero attached hydrogens (tertiary/aromatic N) is 2. The first kappa shape index (κ1) is 21.0. The zero-order valence-electron chi connectivity index (χ0n) is 17.0. The topological polar surface area (TPSA) is 74.8 Å². The van der Waals surface area contributed by atoms with E-state index in [2.05, 4.69) is 0 Å². The van der Waals surface area contributed by atoms with E-state index >= 15 is 0 Å². The molecular weight excluding hydrogens is 416 g/mol. The van der Waals surface area contributed by atoms with Gasteiger partial charge in [-0.05, 0) is 44.0 Å². The van der Waals surface area contributed by atoms with Crippen LogP contribution in [0, 0.1) is 11.8 Å². The zero-order valence-corrected chi connectivity index (χ0v) is 17.7. The van der Waals surface area contributed by atoms with Crippen molar-refractivity contribution in [3.05, 3.63) is 82.4 Å². The summed E-state index contributed by atoms with van der Waals surface area (Å²) in [5.74, 6) is -2.88. The fraction of sp³-hybridized carbons (Fsp3) is 0.250. The van der Waals surface area contributed by atoms with Gasteiger partial charge in [0.1, 0.15) is 6.54 Å². The molecule has 3 amide bonds. The molecular formula is C24H21ClN2O4. The Morgan fingerprint density at radius 3 is 2.29 bits per heavy atom. The normalized spacial score (nSPS) is 20.3. The van der Waals surface area contributed by atoms with E-state index in [1.807, 2.05) is 13.0 Å². The number of fused-ring (bicyclic) bond motifs is 1. The highest BCUT2D eigenvalue weighted by Gasteiger charge is 2.51. The number of amides is 3. The maximum absolute atomic E-state index is 13.3. The fourth-order valence-corrected chi connectivity index (χ4v) is 4.21. The molecule has 1 aliphatic heterocycles. The van der Waals surface area contributed by atoms with Crippen LogP contribution in [-0.4, -0.2) is 40.1 Å². The number of ketones is 1. The second kappa shape index (κ2) is 8.47. The highest BCUT2D eigenvalue weighted by Crippen LogP contribution is 2.38. The molecule has 0 unspecified atom stereocenters. The first-order valence-corrected chi connectivity index (χ1v) is 10.4. The number of imide groups is 1. The van der Waals surface area contributed by atoms with Crippen LogP contribution < -0.4 is 0 Å². The van der Waals surface area contributed by atoms with E-state index in [-0.39, 0.29) is 11.3 Å². The molecule has 2 aromatic carbocycles. The first-order chi connectivity index (χ1) is 14.9. The van der Waals surface area contributed by atoms with Crippen molar-refractivity contribution in [1.29, 1.82) is 0 Å². The average molecular weight is 437 g/mol. The lowest BCUT2D eigenvalue weighted by molar-refractivity contribution is -0.154. The molecule has 2 aliphatic rings. The van der Waals surface area contributed by atoms with Gasteiger partial charge < -0.3 is 0 Å². The van der Waals surface area contributed by atoms with Crippen LogP contribution in [-0.2, 0) is 9.59 Å². The molecule has 2 aromatic rings. The summed E-state index contributed by atoms with van der Waals surface area (Å²) in [6.45, 7) is 1.50. The number of carbonyl (C=O) groups excluding carboxylic acids is 4. The summed E-state index contributed by atoms with van der Waals surface area (Å²) >= 11 is 5.93. The van der Waals surface area contributed by atoms with E-state index in [9.17, 15) is 19.2 Å². The molecule has 0 spiro atoms. The van der Waals surface area contributed by atoms with Gasteiger partial charge in [0.15, 0.2) is 5.78 Å². The molecule has 0 N–H and O–H groups in total. The number of hydrogen-bond acceptors (Lipinski definition) is 4. The summed E-state index contributed by atoms with van der Waals surface area (Å²) in [4.78, 5) is 52.6. The van der Waals surface area contributed by atoms with Gasteiger partial charge in [-0.15, -0.1) is 0 Å². The average Bonchev–Trinajstić information content (AvgIpc) is 3.02. The summed E-state index contributed by atoms with van der Waals surface area (Å²) < 4.78 is 0. The van der Waals surface area contributed by atoms with Crippen LogP contribution in [0.15, 0.2) is 66.2 Å². The van der Waals surface area contributed by atoms with Crippen LogP contribution in [0.1, 0.15) is 40.5 Å². The summed E-state index contributed by atoms with van der Waals surface area (Å²) in [6.07, 6.45) is 2.88. The Morgan fingerprint density at radius 2 is 1.61 bits per heavy atom. The predicted octanol–water partition coefficient (Wildman–Crippen LogP) is 3.92. The molecule has 1 aliphatic carbocycles. The number of allylic oxidation sites excluding steroid dienone is 2. The minimum atomic E-state index is -0.606. The lowest BCUT2D eigenvalue weighted by atomic mass is 9.82. The molecule has 0 aromatic heterocycles. The molecule has 0 radical (unpaired) electrons. The highest BCUT2D eigenvalue weighted by molar-refractivity contribution is 6.30. The van der Waals surface area contributed by atoms with Gasteiger partial charge in [0.05, 0.1) is 11.8 Å². The van der Waals surface area contributed by atoms with Crippen LogP contribution in [0.3, 0.4) is 0 Å². The van der Waals surface area contributed by atoms with Crippen molar-refractivity contribution in [3.8, 4) is 0 Å². The van der Waals surface area contributed by atoms with Gasteiger partial charge in [-0.25, -0.2) is 5.01 Å². The number of hydrogen-bond donors (Lipinski definition) is 0. The summed E-state index contributed by atoms with van der Waals surface area (Å²) in [6, 6.07) is 14.6. The minimum Gasteiger partial charge on any atom is -0.292 e. The maximum atomic E-state index is 13.3. The largest absolute Gasteiger partial charge is 0.292 e. The standard InChI is InChI=1S/C24H21ClN2O4/c1-15-7-12-19-20(13-15)24(31)27(23(19)30)26(14-21(28)16-5-3-2-4-6-16)22(29)17-8-10-18(25)11-9-17/h2-11,19-20H,12-14H2,1H3/t19-,20-/m0/s1. The van der Waals surface area contributed by atoms with E-state index in [1.54, 1.807) is 42.5 Å². The molecule has 1 fully saturated rings. The van der Waals surface area contributed by atoms with Crippen LogP contribution in [0.5, 0.6) is 0 Å². The Balaban J connectivity index is 1.69. The molecule has 6 nitrogen and oxygen atoms in total. The Labute approximate surface area is 185 Å². The van der Waals surface area contributed by atoms with Crippen molar-refractivity contribution >= 4 is 35.1 Å². The Hall–Kier alpha value is -3.25. The van der Waals surface area contributed by atoms with Crippen LogP contribution in [0.25, 0.3) is 0 Å². The van der Waals surface area contributed by atoms with Crippen LogP contribution in [0.2, 0.25) is 5.02 Å². The van der Waals surface area contributed by atoms with Crippen molar-refractivity contribution in [2.24, 2.45) is 11.8 Å². The second-order valence-electron chi connectivity index (χ2n) is 7.85. The number of halogens is 1. The van der Waals surface area contributed by atoms with Gasteiger partial charge in [-0.1, -0.05) is 53.6 Å². The lowest BCUT2D eigenvalue weighted by Gasteiger charge is -2.30. The lowest BCUT2D eigenvalue weighted by Crippen LogP contribution is -2.52. The highest BCUT2D eigenvalue weighted by atomic mass is 35.5. The summed E-state index contributed by atoms with van der Waals surface area (Å²) in [7, 11) is 0. The van der Waals surface area contributed by atoms with Gasteiger partial charge in [0.2, 0.25) is 0 Å². The zero-order chi connectivity index (χ0) is 22.1. The van der Waals surface area contributed by atoms with Crippen molar-refractivity contribution in [1.82, 2.24) is 10.0 Å². The number of benzene rings is 2. The quantitative estimate of drug-likeness (QED) is 0.404. The molecule has 0 saturated carbocycles. The Bertz CT molecular complexity index is 1080. The number of carbonyl (C=O) groups is 4. The van der Waals surface area contributed by atoms with Crippen molar-refractivity contribution in [2.45, 2.75) is 19.8 Å². The van der Waals surface area contributed by atoms with Gasteiger partial charge in [0.25, 0.3) is 17.7 Å². The van der Waals surface area contributed by atoms with Crippen molar-refractivity contribution < 1.29 is 19.2 Å². The molecule has 4 rings (SSSR count). The van der Waals surface area contributed by atoms with E-state index in [0.29, 0.717) is 23.4 Å². The minimum absolute atomic E-state index is 0.232. The second-order valence-corrected chi connectivity index (χ2v) is 8.29. The van der Waals surface area contributed by atoms with E-state index in [0.717, 1.165) is 15.6 Å². The van der Waals surface area contributed by atoms with Crippen LogP contribution in [0.4, 0.5) is 0 Å². The van der Waals surface area contributed by atoms with E-state index in [4.69, 9.17) is 11.6 Å². The molecule has 158 valence electrons. The molecule has 31 heavy (non-hydrogen) atoms. The smallest absolute Gasteiger partial charge is 0.273 e. The summed E-state index contributed by atoms with van der Waals surface area (Å²) in [5.41, 5.74) is 1.67. The number of Topliss-reactive ketones (excluding diaryl/α,β-unsaturated/α-hetero) is 1. The van der Waals surface area contributed by atoms with Gasteiger partial charge in [-0.3, -0.25) is 19.2 Å². The van der Waals surface area contributed by atoms with Gasteiger partial charge in [-0.2, -0.15) is 5.01 Å². The van der Waals surface area contributed by atoms with Gasteiger partial charge >= 0.3 is 0 Å². The van der Waals surface area contributed by atoms with Gasteiger partial charge in [0, 0.05) is 16.1 Å². The first-order valence-electron chi connectivity index (χ1n) is 10.1. The fourth-order valence-electron chi connectivity index (χ4n) is 4.08. The number of rotatable bonds is 5. The van der Waals surface area contributed by atoms with Crippen molar-refractivity contribution in [2.75, 3.05) is 6.54 Å². The van der Waals surface area contributed by atoms with Crippen molar-refractivity contribution in [3.63, 3.8) is 0 Å².